The smallest absolute Gasteiger partial charge is 0.115 e. The average molecular weight is 277 g/mol. The van der Waals surface area contributed by atoms with Gasteiger partial charge in [-0.1, -0.05) is 64.7 Å². The van der Waals surface area contributed by atoms with E-state index in [2.05, 4.69) is 22.2 Å². The van der Waals surface area contributed by atoms with Gasteiger partial charge in [0.25, 0.3) is 0 Å². The maximum absolute atomic E-state index is 4.10. The SMILES string of the molecule is CCCCCCCCCCCC(NC)c1cncnc1. The number of nitrogens with one attached hydrogen (secondary N) is 1. The van der Waals surface area contributed by atoms with Crippen molar-refractivity contribution in [2.75, 3.05) is 7.05 Å². The van der Waals surface area contributed by atoms with E-state index >= 15 is 0 Å². The highest BCUT2D eigenvalue weighted by atomic mass is 14.9. The zero-order valence-electron chi connectivity index (χ0n) is 13.3. The molecule has 0 aliphatic carbocycles. The molecule has 0 amide bonds. The summed E-state index contributed by atoms with van der Waals surface area (Å²) >= 11 is 0. The molecule has 0 aromatic carbocycles. The van der Waals surface area contributed by atoms with Crippen molar-refractivity contribution in [1.29, 1.82) is 0 Å². The molecule has 1 aromatic rings. The molecule has 0 saturated heterocycles. The lowest BCUT2D eigenvalue weighted by atomic mass is 10.0. The van der Waals surface area contributed by atoms with Gasteiger partial charge in [-0.05, 0) is 13.5 Å². The van der Waals surface area contributed by atoms with E-state index in [1.165, 1.54) is 69.8 Å². The summed E-state index contributed by atoms with van der Waals surface area (Å²) in [6, 6.07) is 0.403. The molecule has 3 heteroatoms. The molecular formula is C17H31N3. The molecule has 1 rings (SSSR count). The van der Waals surface area contributed by atoms with Gasteiger partial charge in [0, 0.05) is 24.0 Å². The van der Waals surface area contributed by atoms with Gasteiger partial charge in [-0.2, -0.15) is 0 Å². The lowest BCUT2D eigenvalue weighted by Crippen LogP contribution is -2.16. The van der Waals surface area contributed by atoms with Crippen LogP contribution in [0, 0.1) is 0 Å². The first-order valence-corrected chi connectivity index (χ1v) is 8.30. The third-order valence-electron chi connectivity index (χ3n) is 3.93. The molecular weight excluding hydrogens is 246 g/mol. The fourth-order valence-corrected chi connectivity index (χ4v) is 2.63. The fourth-order valence-electron chi connectivity index (χ4n) is 2.63. The summed E-state index contributed by atoms with van der Waals surface area (Å²) in [5.74, 6) is 0. The molecule has 0 spiro atoms. The van der Waals surface area contributed by atoms with Crippen LogP contribution in [0.1, 0.15) is 82.7 Å². The average Bonchev–Trinajstić information content (AvgIpc) is 2.50. The molecule has 0 aliphatic heterocycles. The number of rotatable bonds is 12. The van der Waals surface area contributed by atoms with Gasteiger partial charge in [0.1, 0.15) is 6.33 Å². The zero-order valence-corrected chi connectivity index (χ0v) is 13.3. The maximum atomic E-state index is 4.10. The first-order valence-electron chi connectivity index (χ1n) is 8.30. The Morgan fingerprint density at radius 2 is 1.45 bits per heavy atom. The minimum Gasteiger partial charge on any atom is -0.313 e. The lowest BCUT2D eigenvalue weighted by Gasteiger charge is -2.15. The summed E-state index contributed by atoms with van der Waals surface area (Å²) in [5.41, 5.74) is 1.20. The highest BCUT2D eigenvalue weighted by Gasteiger charge is 2.08. The quantitative estimate of drug-likeness (QED) is 0.565. The van der Waals surface area contributed by atoms with Crippen LogP contribution >= 0.6 is 0 Å². The molecule has 3 nitrogen and oxygen atoms in total. The van der Waals surface area contributed by atoms with Crippen LogP contribution < -0.4 is 5.32 Å². The van der Waals surface area contributed by atoms with Crippen molar-refractivity contribution in [3.8, 4) is 0 Å². The second-order valence-electron chi connectivity index (χ2n) is 5.63. The number of hydrogen-bond acceptors (Lipinski definition) is 3. The lowest BCUT2D eigenvalue weighted by molar-refractivity contribution is 0.491. The third kappa shape index (κ3) is 7.59. The van der Waals surface area contributed by atoms with Crippen LogP contribution in [-0.4, -0.2) is 17.0 Å². The molecule has 0 aliphatic rings. The molecule has 1 atom stereocenters. The molecule has 1 heterocycles. The predicted molar refractivity (Wildman–Crippen MR) is 85.7 cm³/mol. The summed E-state index contributed by atoms with van der Waals surface area (Å²) in [6.45, 7) is 2.27. The molecule has 0 saturated carbocycles. The van der Waals surface area contributed by atoms with Gasteiger partial charge in [0.05, 0.1) is 0 Å². The molecule has 0 bridgehead atoms. The second-order valence-corrected chi connectivity index (χ2v) is 5.63. The molecule has 0 fully saturated rings. The number of hydrogen-bond donors (Lipinski definition) is 1. The normalized spacial score (nSPS) is 12.5. The van der Waals surface area contributed by atoms with Gasteiger partial charge in [0.15, 0.2) is 0 Å². The van der Waals surface area contributed by atoms with Crippen LogP contribution in [0.5, 0.6) is 0 Å². The standard InChI is InChI=1S/C17H31N3/c1-3-4-5-6-7-8-9-10-11-12-17(18-2)16-13-19-15-20-14-16/h13-15,17-18H,3-12H2,1-2H3. The summed E-state index contributed by atoms with van der Waals surface area (Å²) in [5, 5.41) is 3.36. The molecule has 20 heavy (non-hydrogen) atoms. The van der Waals surface area contributed by atoms with E-state index in [4.69, 9.17) is 0 Å². The molecule has 0 radical (unpaired) electrons. The minimum atomic E-state index is 0.403. The Balaban J connectivity index is 2.02. The van der Waals surface area contributed by atoms with Crippen LogP contribution in [0.4, 0.5) is 0 Å². The van der Waals surface area contributed by atoms with Gasteiger partial charge in [-0.25, -0.2) is 9.97 Å². The van der Waals surface area contributed by atoms with Gasteiger partial charge in [-0.3, -0.25) is 0 Å². The molecule has 114 valence electrons. The van der Waals surface area contributed by atoms with Crippen LogP contribution in [0.2, 0.25) is 0 Å². The molecule has 1 unspecified atom stereocenters. The Labute approximate surface area is 124 Å². The monoisotopic (exact) mass is 277 g/mol. The highest BCUT2D eigenvalue weighted by Crippen LogP contribution is 2.18. The van der Waals surface area contributed by atoms with Crippen LogP contribution in [0.15, 0.2) is 18.7 Å². The first kappa shape index (κ1) is 17.1. The Morgan fingerprint density at radius 1 is 0.900 bits per heavy atom. The topological polar surface area (TPSA) is 37.8 Å². The first-order chi connectivity index (χ1) is 9.88. The van der Waals surface area contributed by atoms with E-state index in [1.54, 1.807) is 6.33 Å². The Kier molecular flexibility index (Phi) is 10.1. The summed E-state index contributed by atoms with van der Waals surface area (Å²) in [6.07, 6.45) is 19.0. The predicted octanol–water partition coefficient (Wildman–Crippen LogP) is 4.66. The largest absolute Gasteiger partial charge is 0.313 e. The van der Waals surface area contributed by atoms with Crippen molar-refractivity contribution < 1.29 is 0 Å². The van der Waals surface area contributed by atoms with Gasteiger partial charge in [-0.15, -0.1) is 0 Å². The fraction of sp³-hybridized carbons (Fsp3) is 0.765. The summed E-state index contributed by atoms with van der Waals surface area (Å²) < 4.78 is 0. The maximum Gasteiger partial charge on any atom is 0.115 e. The molecule has 1 N–H and O–H groups in total. The van der Waals surface area contributed by atoms with Gasteiger partial charge in [0.2, 0.25) is 0 Å². The van der Waals surface area contributed by atoms with Crippen molar-refractivity contribution in [1.82, 2.24) is 15.3 Å². The highest BCUT2D eigenvalue weighted by molar-refractivity contribution is 5.08. The van der Waals surface area contributed by atoms with Crippen molar-refractivity contribution >= 4 is 0 Å². The van der Waals surface area contributed by atoms with E-state index in [0.29, 0.717) is 6.04 Å². The number of nitrogens with zero attached hydrogens (tertiary/aromatic N) is 2. The Morgan fingerprint density at radius 3 is 2.00 bits per heavy atom. The van der Waals surface area contributed by atoms with E-state index in [0.717, 1.165) is 0 Å². The van der Waals surface area contributed by atoms with Crippen LogP contribution in [-0.2, 0) is 0 Å². The van der Waals surface area contributed by atoms with Crippen molar-refractivity contribution in [2.24, 2.45) is 0 Å². The van der Waals surface area contributed by atoms with E-state index in [9.17, 15) is 0 Å². The van der Waals surface area contributed by atoms with E-state index < -0.39 is 0 Å². The zero-order chi connectivity index (χ0) is 14.5. The summed E-state index contributed by atoms with van der Waals surface area (Å²) in [4.78, 5) is 8.19. The second kappa shape index (κ2) is 11.8. The number of unbranched alkanes of at least 4 members (excludes halogenated alkanes) is 8. The van der Waals surface area contributed by atoms with Crippen LogP contribution in [0.25, 0.3) is 0 Å². The van der Waals surface area contributed by atoms with Gasteiger partial charge >= 0.3 is 0 Å². The van der Waals surface area contributed by atoms with Gasteiger partial charge < -0.3 is 5.32 Å². The summed E-state index contributed by atoms with van der Waals surface area (Å²) in [7, 11) is 2.02. The van der Waals surface area contributed by atoms with Crippen molar-refractivity contribution in [3.63, 3.8) is 0 Å². The minimum absolute atomic E-state index is 0.403. The van der Waals surface area contributed by atoms with Crippen molar-refractivity contribution in [3.05, 3.63) is 24.3 Å². The molecule has 1 aromatic heterocycles. The Hall–Kier alpha value is -0.960. The van der Waals surface area contributed by atoms with Crippen LogP contribution in [0.3, 0.4) is 0 Å². The third-order valence-corrected chi connectivity index (χ3v) is 3.93. The van der Waals surface area contributed by atoms with E-state index in [-0.39, 0.29) is 0 Å². The number of aromatic nitrogens is 2. The van der Waals surface area contributed by atoms with E-state index in [1.807, 2.05) is 19.4 Å². The van der Waals surface area contributed by atoms with Crippen molar-refractivity contribution in [2.45, 2.75) is 77.2 Å². The Bertz CT molecular complexity index is 313.